The van der Waals surface area contributed by atoms with E-state index < -0.39 is 11.9 Å². The highest BCUT2D eigenvalue weighted by Gasteiger charge is 2.05. The van der Waals surface area contributed by atoms with Gasteiger partial charge in [-0.1, -0.05) is 30.3 Å². The van der Waals surface area contributed by atoms with Crippen LogP contribution in [0.3, 0.4) is 0 Å². The quantitative estimate of drug-likeness (QED) is 0.466. The van der Waals surface area contributed by atoms with Gasteiger partial charge in [0.1, 0.15) is 11.5 Å². The summed E-state index contributed by atoms with van der Waals surface area (Å²) in [7, 11) is 1.32. The summed E-state index contributed by atoms with van der Waals surface area (Å²) < 4.78 is 15.0. The molecule has 0 saturated heterocycles. The monoisotopic (exact) mass is 312 g/mol. The van der Waals surface area contributed by atoms with Gasteiger partial charge in [-0.3, -0.25) is 0 Å². The molecule has 0 aliphatic heterocycles. The predicted molar refractivity (Wildman–Crippen MR) is 85.1 cm³/mol. The van der Waals surface area contributed by atoms with Crippen LogP contribution in [0, 0.1) is 0 Å². The number of ether oxygens (including phenoxy) is 3. The van der Waals surface area contributed by atoms with Gasteiger partial charge >= 0.3 is 11.9 Å². The van der Waals surface area contributed by atoms with E-state index in [1.807, 2.05) is 6.07 Å². The maximum atomic E-state index is 11.7. The van der Waals surface area contributed by atoms with Gasteiger partial charge in [-0.2, -0.15) is 0 Å². The van der Waals surface area contributed by atoms with Crippen LogP contribution in [0.25, 0.3) is 6.08 Å². The molecular weight excluding hydrogens is 296 g/mol. The van der Waals surface area contributed by atoms with Gasteiger partial charge in [0.2, 0.25) is 0 Å². The Labute approximate surface area is 134 Å². The molecule has 0 aliphatic carbocycles. The lowest BCUT2D eigenvalue weighted by atomic mass is 10.2. The van der Waals surface area contributed by atoms with Gasteiger partial charge in [0.15, 0.2) is 6.61 Å². The first-order chi connectivity index (χ1) is 11.2. The molecule has 2 rings (SSSR count). The molecule has 23 heavy (non-hydrogen) atoms. The van der Waals surface area contributed by atoms with E-state index in [-0.39, 0.29) is 6.61 Å². The number of hydrogen-bond acceptors (Lipinski definition) is 5. The molecule has 5 nitrogen and oxygen atoms in total. The van der Waals surface area contributed by atoms with Crippen molar-refractivity contribution in [1.82, 2.24) is 0 Å². The Morgan fingerprint density at radius 2 is 1.65 bits per heavy atom. The molecular formula is C18H16O5. The van der Waals surface area contributed by atoms with Crippen molar-refractivity contribution < 1.29 is 23.8 Å². The third-order valence-corrected chi connectivity index (χ3v) is 2.82. The van der Waals surface area contributed by atoms with Gasteiger partial charge in [0, 0.05) is 6.08 Å². The highest BCUT2D eigenvalue weighted by molar-refractivity contribution is 5.86. The molecule has 0 atom stereocenters. The van der Waals surface area contributed by atoms with Crippen molar-refractivity contribution in [2.24, 2.45) is 0 Å². The first-order valence-corrected chi connectivity index (χ1v) is 6.92. The molecule has 5 heteroatoms. The van der Waals surface area contributed by atoms with E-state index in [9.17, 15) is 9.59 Å². The van der Waals surface area contributed by atoms with Crippen LogP contribution in [-0.2, 0) is 14.3 Å². The number of para-hydroxylation sites is 1. The lowest BCUT2D eigenvalue weighted by molar-refractivity contribution is -0.137. The van der Waals surface area contributed by atoms with E-state index >= 15 is 0 Å². The molecule has 0 radical (unpaired) electrons. The van der Waals surface area contributed by atoms with Crippen LogP contribution in [0.2, 0.25) is 0 Å². The van der Waals surface area contributed by atoms with Gasteiger partial charge in [-0.15, -0.1) is 0 Å². The second kappa shape index (κ2) is 8.38. The molecule has 0 N–H and O–H groups in total. The molecule has 0 aliphatic rings. The molecule has 2 aromatic carbocycles. The van der Waals surface area contributed by atoms with Crippen molar-refractivity contribution in [3.63, 3.8) is 0 Å². The summed E-state index contributed by atoms with van der Waals surface area (Å²) in [5.41, 5.74) is 0.814. The van der Waals surface area contributed by atoms with Crippen molar-refractivity contribution >= 4 is 18.0 Å². The second-order valence-electron chi connectivity index (χ2n) is 4.50. The first kappa shape index (κ1) is 16.3. The minimum atomic E-state index is -0.481. The Bertz CT molecular complexity index is 674. The molecule has 0 aromatic heterocycles. The Hall–Kier alpha value is -3.08. The average Bonchev–Trinajstić information content (AvgIpc) is 2.59. The van der Waals surface area contributed by atoms with Crippen LogP contribution in [0.4, 0.5) is 0 Å². The number of methoxy groups -OCH3 is 1. The number of carbonyl (C=O) groups is 2. The van der Waals surface area contributed by atoms with E-state index in [1.54, 1.807) is 54.6 Å². The molecule has 2 aromatic rings. The summed E-state index contributed by atoms with van der Waals surface area (Å²) >= 11 is 0. The molecule has 0 heterocycles. The lowest BCUT2D eigenvalue weighted by Crippen LogP contribution is -2.17. The largest absolute Gasteiger partial charge is 0.482 e. The van der Waals surface area contributed by atoms with Crippen LogP contribution >= 0.6 is 0 Å². The van der Waals surface area contributed by atoms with E-state index in [0.29, 0.717) is 11.5 Å². The van der Waals surface area contributed by atoms with Gasteiger partial charge in [0.25, 0.3) is 0 Å². The number of benzene rings is 2. The minimum Gasteiger partial charge on any atom is -0.482 e. The van der Waals surface area contributed by atoms with E-state index in [2.05, 4.69) is 4.74 Å². The van der Waals surface area contributed by atoms with Crippen molar-refractivity contribution in [2.75, 3.05) is 13.7 Å². The third-order valence-electron chi connectivity index (χ3n) is 2.82. The maximum absolute atomic E-state index is 11.7. The Kier molecular flexibility index (Phi) is 5.94. The number of hydrogen-bond donors (Lipinski definition) is 0. The second-order valence-corrected chi connectivity index (χ2v) is 4.50. The van der Waals surface area contributed by atoms with Crippen LogP contribution in [0.1, 0.15) is 5.56 Å². The Morgan fingerprint density at radius 3 is 2.30 bits per heavy atom. The fraction of sp³-hybridized carbons (Fsp3) is 0.111. The highest BCUT2D eigenvalue weighted by Crippen LogP contribution is 2.14. The third kappa shape index (κ3) is 5.67. The van der Waals surface area contributed by atoms with Crippen molar-refractivity contribution in [3.8, 4) is 11.5 Å². The van der Waals surface area contributed by atoms with E-state index in [0.717, 1.165) is 5.56 Å². The fourth-order valence-corrected chi connectivity index (χ4v) is 1.70. The SMILES string of the molecule is COC(=O)/C=C/c1ccc(OCC(=O)Oc2ccccc2)cc1. The van der Waals surface area contributed by atoms with Crippen LogP contribution < -0.4 is 9.47 Å². The first-order valence-electron chi connectivity index (χ1n) is 6.92. The molecule has 0 amide bonds. The van der Waals surface area contributed by atoms with Crippen molar-refractivity contribution in [2.45, 2.75) is 0 Å². The van der Waals surface area contributed by atoms with E-state index in [4.69, 9.17) is 9.47 Å². The summed E-state index contributed by atoms with van der Waals surface area (Å²) in [4.78, 5) is 22.6. The Balaban J connectivity index is 1.83. The zero-order valence-corrected chi connectivity index (χ0v) is 12.6. The average molecular weight is 312 g/mol. The molecule has 0 fully saturated rings. The number of carbonyl (C=O) groups excluding carboxylic acids is 2. The van der Waals surface area contributed by atoms with Gasteiger partial charge in [0.05, 0.1) is 7.11 Å². The standard InChI is InChI=1S/C18H16O5/c1-21-17(19)12-9-14-7-10-15(11-8-14)22-13-18(20)23-16-5-3-2-4-6-16/h2-12H,13H2,1H3/b12-9+. The minimum absolute atomic E-state index is 0.188. The Morgan fingerprint density at radius 1 is 0.957 bits per heavy atom. The lowest BCUT2D eigenvalue weighted by Gasteiger charge is -2.06. The summed E-state index contributed by atoms with van der Waals surface area (Å²) in [6.45, 7) is -0.188. The van der Waals surface area contributed by atoms with Crippen LogP contribution in [0.15, 0.2) is 60.7 Å². The maximum Gasteiger partial charge on any atom is 0.349 e. The molecule has 0 spiro atoms. The smallest absolute Gasteiger partial charge is 0.349 e. The summed E-state index contributed by atoms with van der Waals surface area (Å²) in [6.07, 6.45) is 2.95. The number of esters is 2. The molecule has 0 unspecified atom stereocenters. The summed E-state index contributed by atoms with van der Waals surface area (Å²) in [5.74, 6) is 0.106. The van der Waals surface area contributed by atoms with Gasteiger partial charge in [-0.25, -0.2) is 9.59 Å². The molecule has 118 valence electrons. The molecule has 0 saturated carbocycles. The van der Waals surface area contributed by atoms with Gasteiger partial charge in [-0.05, 0) is 35.9 Å². The fourth-order valence-electron chi connectivity index (χ4n) is 1.70. The van der Waals surface area contributed by atoms with E-state index in [1.165, 1.54) is 13.2 Å². The van der Waals surface area contributed by atoms with Crippen LogP contribution in [-0.4, -0.2) is 25.7 Å². The number of rotatable bonds is 6. The molecule has 0 bridgehead atoms. The summed E-state index contributed by atoms with van der Waals surface area (Å²) in [5, 5.41) is 0. The van der Waals surface area contributed by atoms with Crippen molar-refractivity contribution in [1.29, 1.82) is 0 Å². The van der Waals surface area contributed by atoms with Gasteiger partial charge < -0.3 is 14.2 Å². The topological polar surface area (TPSA) is 61.8 Å². The zero-order valence-electron chi connectivity index (χ0n) is 12.6. The summed E-state index contributed by atoms with van der Waals surface area (Å²) in [6, 6.07) is 15.7. The highest BCUT2D eigenvalue weighted by atomic mass is 16.6. The van der Waals surface area contributed by atoms with Crippen molar-refractivity contribution in [3.05, 3.63) is 66.2 Å². The van der Waals surface area contributed by atoms with Crippen LogP contribution in [0.5, 0.6) is 11.5 Å². The normalized spacial score (nSPS) is 10.3. The predicted octanol–water partition coefficient (Wildman–Crippen LogP) is 2.86. The zero-order chi connectivity index (χ0) is 16.5.